The highest BCUT2D eigenvalue weighted by atomic mass is 32.2. The Balaban J connectivity index is 1.76. The molecule has 9 heteroatoms. The average molecular weight is 486 g/mol. The molecule has 1 aromatic heterocycles. The van der Waals surface area contributed by atoms with Crippen molar-refractivity contribution in [2.24, 2.45) is 0 Å². The number of fused-ring (bicyclic) bond motifs is 1. The smallest absolute Gasteiger partial charge is 0.290 e. The lowest BCUT2D eigenvalue weighted by molar-refractivity contribution is 0.0648. The predicted octanol–water partition coefficient (Wildman–Crippen LogP) is 3.26. The molecule has 0 radical (unpaired) electrons. The zero-order valence-electron chi connectivity index (χ0n) is 19.6. The zero-order valence-corrected chi connectivity index (χ0v) is 20.4. The van der Waals surface area contributed by atoms with Crippen LogP contribution in [0.4, 0.5) is 0 Å². The zero-order chi connectivity index (χ0) is 24.6. The number of carbonyl (C=O) groups excluding carboxylic acids is 1. The molecule has 8 nitrogen and oxygen atoms in total. The van der Waals surface area contributed by atoms with E-state index in [1.54, 1.807) is 24.3 Å². The summed E-state index contributed by atoms with van der Waals surface area (Å²) in [5.41, 5.74) is 2.42. The van der Waals surface area contributed by atoms with Gasteiger partial charge in [-0.1, -0.05) is 12.1 Å². The molecule has 1 aliphatic heterocycles. The van der Waals surface area contributed by atoms with Gasteiger partial charge in [0.25, 0.3) is 5.91 Å². The van der Waals surface area contributed by atoms with Crippen LogP contribution in [0.15, 0.2) is 45.6 Å². The van der Waals surface area contributed by atoms with Crippen molar-refractivity contribution in [3.63, 3.8) is 0 Å². The van der Waals surface area contributed by atoms with Crippen molar-refractivity contribution in [3.05, 3.63) is 69.1 Å². The Hall–Kier alpha value is -3.33. The molecule has 2 heterocycles. The summed E-state index contributed by atoms with van der Waals surface area (Å²) in [5.74, 6) is 0.256. The Morgan fingerprint density at radius 2 is 1.82 bits per heavy atom. The summed E-state index contributed by atoms with van der Waals surface area (Å²) < 4.78 is 40.9. The lowest BCUT2D eigenvalue weighted by Crippen LogP contribution is -2.41. The molecule has 1 amide bonds. The van der Waals surface area contributed by atoms with Crippen LogP contribution in [0.2, 0.25) is 0 Å². The molecule has 0 aliphatic carbocycles. The molecule has 0 spiro atoms. The van der Waals surface area contributed by atoms with Crippen LogP contribution in [0, 0.1) is 13.8 Å². The molecule has 0 bridgehead atoms. The highest BCUT2D eigenvalue weighted by molar-refractivity contribution is 7.91. The van der Waals surface area contributed by atoms with Crippen LogP contribution in [-0.2, 0) is 16.4 Å². The third-order valence-electron chi connectivity index (χ3n) is 6.09. The summed E-state index contributed by atoms with van der Waals surface area (Å²) in [6.07, 6.45) is 0.317. The van der Waals surface area contributed by atoms with Crippen molar-refractivity contribution in [1.29, 1.82) is 0 Å². The number of hydrogen-bond donors (Lipinski definition) is 0. The van der Waals surface area contributed by atoms with Crippen LogP contribution in [-0.4, -0.2) is 51.0 Å². The van der Waals surface area contributed by atoms with Gasteiger partial charge in [-0.3, -0.25) is 9.59 Å². The first-order valence-corrected chi connectivity index (χ1v) is 12.7. The fourth-order valence-corrected chi connectivity index (χ4v) is 6.21. The van der Waals surface area contributed by atoms with E-state index >= 15 is 0 Å². The van der Waals surface area contributed by atoms with Gasteiger partial charge in [0, 0.05) is 18.7 Å². The second-order valence-electron chi connectivity index (χ2n) is 8.61. The van der Waals surface area contributed by atoms with Crippen molar-refractivity contribution in [3.8, 4) is 11.5 Å². The number of carbonyl (C=O) groups is 1. The first-order chi connectivity index (χ1) is 16.1. The number of nitrogens with zero attached hydrogens (tertiary/aromatic N) is 1. The number of sulfone groups is 1. The minimum absolute atomic E-state index is 0.00738. The van der Waals surface area contributed by atoms with Gasteiger partial charge in [-0.05, 0) is 55.2 Å². The maximum absolute atomic E-state index is 13.6. The third kappa shape index (κ3) is 4.65. The van der Waals surface area contributed by atoms with Crippen molar-refractivity contribution in [1.82, 2.24) is 4.90 Å². The van der Waals surface area contributed by atoms with Crippen molar-refractivity contribution in [2.45, 2.75) is 32.9 Å². The maximum Gasteiger partial charge on any atom is 0.290 e. The fraction of sp³-hybridized carbons (Fsp3) is 0.360. The van der Waals surface area contributed by atoms with E-state index in [1.807, 2.05) is 19.9 Å². The van der Waals surface area contributed by atoms with E-state index in [0.717, 1.165) is 16.7 Å². The van der Waals surface area contributed by atoms with Crippen molar-refractivity contribution in [2.75, 3.05) is 25.7 Å². The van der Waals surface area contributed by atoms with Crippen molar-refractivity contribution >= 4 is 26.7 Å². The topological polar surface area (TPSA) is 103 Å². The van der Waals surface area contributed by atoms with Crippen LogP contribution < -0.4 is 14.9 Å². The predicted molar refractivity (Wildman–Crippen MR) is 128 cm³/mol. The van der Waals surface area contributed by atoms with Crippen LogP contribution in [0.25, 0.3) is 11.0 Å². The average Bonchev–Trinajstić information content (AvgIpc) is 3.15. The maximum atomic E-state index is 13.6. The molecule has 0 N–H and O–H groups in total. The van der Waals surface area contributed by atoms with Gasteiger partial charge < -0.3 is 18.8 Å². The van der Waals surface area contributed by atoms with Crippen LogP contribution in [0.5, 0.6) is 11.5 Å². The van der Waals surface area contributed by atoms with E-state index in [4.69, 9.17) is 13.9 Å². The molecular weight excluding hydrogens is 458 g/mol. The summed E-state index contributed by atoms with van der Waals surface area (Å²) in [6.45, 7) is 3.82. The van der Waals surface area contributed by atoms with Gasteiger partial charge in [0.2, 0.25) is 0 Å². The first-order valence-electron chi connectivity index (χ1n) is 10.9. The monoisotopic (exact) mass is 485 g/mol. The minimum Gasteiger partial charge on any atom is -0.493 e. The lowest BCUT2D eigenvalue weighted by Gasteiger charge is -2.28. The van der Waals surface area contributed by atoms with E-state index in [2.05, 4.69) is 0 Å². The largest absolute Gasteiger partial charge is 0.493 e. The number of methoxy groups -OCH3 is 2. The molecule has 1 unspecified atom stereocenters. The van der Waals surface area contributed by atoms with Crippen LogP contribution in [0.1, 0.15) is 33.7 Å². The number of ether oxygens (including phenoxy) is 2. The van der Waals surface area contributed by atoms with Gasteiger partial charge in [-0.2, -0.15) is 0 Å². The summed E-state index contributed by atoms with van der Waals surface area (Å²) in [7, 11) is -0.212. The van der Waals surface area contributed by atoms with E-state index in [-0.39, 0.29) is 29.2 Å². The van der Waals surface area contributed by atoms with Gasteiger partial charge >= 0.3 is 0 Å². The number of hydrogen-bond acceptors (Lipinski definition) is 7. The Morgan fingerprint density at radius 3 is 2.47 bits per heavy atom. The van der Waals surface area contributed by atoms with Crippen LogP contribution >= 0.6 is 0 Å². The summed E-state index contributed by atoms with van der Waals surface area (Å²) in [5, 5.41) is 0.428. The highest BCUT2D eigenvalue weighted by Crippen LogP contribution is 2.30. The Bertz CT molecular complexity index is 1430. The molecule has 34 heavy (non-hydrogen) atoms. The summed E-state index contributed by atoms with van der Waals surface area (Å²) >= 11 is 0. The fourth-order valence-electron chi connectivity index (χ4n) is 4.47. The summed E-state index contributed by atoms with van der Waals surface area (Å²) in [4.78, 5) is 27.9. The van der Waals surface area contributed by atoms with Gasteiger partial charge in [-0.15, -0.1) is 0 Å². The second kappa shape index (κ2) is 9.13. The van der Waals surface area contributed by atoms with E-state index in [0.29, 0.717) is 28.9 Å². The molecule has 0 saturated carbocycles. The molecule has 180 valence electrons. The molecule has 1 aliphatic rings. The Morgan fingerprint density at radius 1 is 1.09 bits per heavy atom. The second-order valence-corrected chi connectivity index (χ2v) is 10.8. The van der Waals surface area contributed by atoms with Crippen molar-refractivity contribution < 1.29 is 27.1 Å². The first kappa shape index (κ1) is 23.8. The van der Waals surface area contributed by atoms with Gasteiger partial charge in [-0.25, -0.2) is 8.42 Å². The highest BCUT2D eigenvalue weighted by Gasteiger charge is 2.36. The van der Waals surface area contributed by atoms with Gasteiger partial charge in [0.1, 0.15) is 5.58 Å². The normalized spacial score (nSPS) is 17.0. The molecule has 1 fully saturated rings. The third-order valence-corrected chi connectivity index (χ3v) is 7.84. The molecule has 1 saturated heterocycles. The number of rotatable bonds is 6. The van der Waals surface area contributed by atoms with Crippen LogP contribution in [0.3, 0.4) is 0 Å². The Kier molecular flexibility index (Phi) is 6.40. The molecule has 2 aromatic carbocycles. The molecular formula is C25H27NO7S. The molecule has 1 atom stereocenters. The molecule has 3 aromatic rings. The summed E-state index contributed by atoms with van der Waals surface area (Å²) in [6, 6.07) is 9.51. The Labute approximate surface area is 198 Å². The van der Waals surface area contributed by atoms with Gasteiger partial charge in [0.15, 0.2) is 32.5 Å². The quantitative estimate of drug-likeness (QED) is 0.528. The number of amides is 1. The number of aryl methyl sites for hydroxylation is 2. The SMILES string of the molecule is COc1ccc(CN(C(=O)c2cc(=O)c3c(C)cc(C)cc3o2)C2CCS(=O)(=O)C2)cc1OC. The van der Waals surface area contributed by atoms with E-state index in [9.17, 15) is 18.0 Å². The minimum atomic E-state index is -3.26. The number of benzene rings is 2. The van der Waals surface area contributed by atoms with E-state index in [1.165, 1.54) is 25.2 Å². The standard InChI is InChI=1S/C25H27NO7S/c1-15-9-16(2)24-19(27)12-23(33-22(24)10-15)25(28)26(18-7-8-34(29,30)14-18)13-17-5-6-20(31-3)21(11-17)32-4/h5-6,9-12,18H,7-8,13-14H2,1-4H3. The molecule has 4 rings (SSSR count). The van der Waals surface area contributed by atoms with Gasteiger partial charge in [0.05, 0.1) is 31.1 Å². The lowest BCUT2D eigenvalue weighted by atomic mass is 10.1. The van der Waals surface area contributed by atoms with E-state index < -0.39 is 21.8 Å².